The van der Waals surface area contributed by atoms with Crippen LogP contribution in [0.2, 0.25) is 0 Å². The summed E-state index contributed by atoms with van der Waals surface area (Å²) >= 11 is 0. The van der Waals surface area contributed by atoms with Crippen LogP contribution in [0.25, 0.3) is 99.2 Å². The monoisotopic (exact) mass is 656 g/mol. The second-order valence-corrected chi connectivity index (χ2v) is 15.0. The summed E-state index contributed by atoms with van der Waals surface area (Å²) < 4.78 is 13.2. The van der Waals surface area contributed by atoms with Crippen molar-refractivity contribution >= 4 is 54.3 Å². The van der Waals surface area contributed by atoms with Crippen LogP contribution in [0.1, 0.15) is 31.9 Å². The molecule has 0 aliphatic heterocycles. The summed E-state index contributed by atoms with van der Waals surface area (Å²) in [6.45, 7) is 8.98. The van der Waals surface area contributed by atoms with Crippen LogP contribution >= 0.6 is 0 Å². The Balaban J connectivity index is 1.37. The zero-order valence-electron chi connectivity index (χ0n) is 29.2. The van der Waals surface area contributed by atoms with Gasteiger partial charge < -0.3 is 8.83 Å². The highest BCUT2D eigenvalue weighted by atomic mass is 16.3. The van der Waals surface area contributed by atoms with Crippen LogP contribution in [0.4, 0.5) is 0 Å². The smallest absolute Gasteiger partial charge is 0.136 e. The molecule has 0 unspecified atom stereocenters. The maximum atomic E-state index is 6.63. The van der Waals surface area contributed by atoms with Gasteiger partial charge in [-0.2, -0.15) is 0 Å². The molecule has 0 aliphatic rings. The van der Waals surface area contributed by atoms with Crippen molar-refractivity contribution in [1.82, 2.24) is 0 Å². The van der Waals surface area contributed by atoms with Gasteiger partial charge in [-0.3, -0.25) is 0 Å². The average Bonchev–Trinajstić information content (AvgIpc) is 3.78. The fraction of sp³-hybridized carbons (Fsp3) is 0.102. The normalized spacial score (nSPS) is 12.3. The van der Waals surface area contributed by atoms with E-state index in [0.29, 0.717) is 0 Å². The van der Waals surface area contributed by atoms with Gasteiger partial charge in [-0.25, -0.2) is 0 Å². The number of hydrogen-bond donors (Lipinski definition) is 0. The largest absolute Gasteiger partial charge is 0.456 e. The lowest BCUT2D eigenvalue weighted by atomic mass is 9.81. The van der Waals surface area contributed by atoms with Gasteiger partial charge in [-0.05, 0) is 109 Å². The summed E-state index contributed by atoms with van der Waals surface area (Å²) in [5.41, 5.74) is 11.3. The van der Waals surface area contributed by atoms with Crippen LogP contribution in [-0.4, -0.2) is 0 Å². The van der Waals surface area contributed by atoms with Crippen LogP contribution < -0.4 is 0 Å². The summed E-state index contributed by atoms with van der Waals surface area (Å²) in [5, 5.41) is 9.49. The Kier molecular flexibility index (Phi) is 6.38. The molecule has 0 amide bonds. The van der Waals surface area contributed by atoms with Crippen molar-refractivity contribution in [2.75, 3.05) is 0 Å². The van der Waals surface area contributed by atoms with E-state index in [1.165, 1.54) is 65.7 Å². The Morgan fingerprint density at radius 3 is 1.41 bits per heavy atom. The maximum Gasteiger partial charge on any atom is 0.136 e. The molecular weight excluding hydrogens is 621 g/mol. The van der Waals surface area contributed by atoms with Gasteiger partial charge in [-0.1, -0.05) is 136 Å². The third kappa shape index (κ3) is 4.71. The lowest BCUT2D eigenvalue weighted by molar-refractivity contribution is 0.590. The lowest BCUT2D eigenvalue weighted by Crippen LogP contribution is -2.10. The van der Waals surface area contributed by atoms with Crippen LogP contribution in [-0.2, 0) is 5.41 Å². The molecule has 10 rings (SSSR count). The minimum atomic E-state index is 0.0196. The Labute approximate surface area is 296 Å². The summed E-state index contributed by atoms with van der Waals surface area (Å²) in [4.78, 5) is 0. The van der Waals surface area contributed by atoms with Crippen LogP contribution in [0, 0.1) is 6.92 Å². The predicted octanol–water partition coefficient (Wildman–Crippen LogP) is 14.4. The van der Waals surface area contributed by atoms with Crippen molar-refractivity contribution in [3.8, 4) is 44.9 Å². The van der Waals surface area contributed by atoms with Crippen molar-refractivity contribution in [3.05, 3.63) is 157 Å². The molecule has 51 heavy (non-hydrogen) atoms. The first-order valence-electron chi connectivity index (χ1n) is 17.7. The molecule has 0 aliphatic carbocycles. The molecule has 0 radical (unpaired) electrons. The Morgan fingerprint density at radius 2 is 0.902 bits per heavy atom. The van der Waals surface area contributed by atoms with E-state index in [-0.39, 0.29) is 5.41 Å². The molecular formula is C49H36O2. The molecule has 2 heteroatoms. The van der Waals surface area contributed by atoms with E-state index in [1.54, 1.807) is 0 Å². The molecule has 0 spiro atoms. The molecule has 2 aromatic heterocycles. The number of hydrogen-bond acceptors (Lipinski definition) is 2. The Hall–Kier alpha value is -6.12. The molecule has 0 saturated heterocycles. The topological polar surface area (TPSA) is 26.3 Å². The first-order chi connectivity index (χ1) is 24.8. The third-order valence-electron chi connectivity index (χ3n) is 10.7. The summed E-state index contributed by atoms with van der Waals surface area (Å²) in [5.74, 6) is 1.75. The third-order valence-corrected chi connectivity index (χ3v) is 10.7. The first kappa shape index (κ1) is 29.8. The van der Waals surface area contributed by atoms with Crippen molar-refractivity contribution in [3.63, 3.8) is 0 Å². The second kappa shape index (κ2) is 10.9. The minimum absolute atomic E-state index is 0.0196. The van der Waals surface area contributed by atoms with E-state index in [9.17, 15) is 0 Å². The average molecular weight is 657 g/mol. The quantitative estimate of drug-likeness (QED) is 0.176. The van der Waals surface area contributed by atoms with E-state index in [2.05, 4.69) is 155 Å². The number of benzene rings is 8. The van der Waals surface area contributed by atoms with E-state index in [4.69, 9.17) is 8.83 Å². The first-order valence-corrected chi connectivity index (χ1v) is 17.7. The predicted molar refractivity (Wildman–Crippen MR) is 215 cm³/mol. The zero-order valence-corrected chi connectivity index (χ0v) is 29.2. The fourth-order valence-corrected chi connectivity index (χ4v) is 7.99. The van der Waals surface area contributed by atoms with Gasteiger partial charge in [0.05, 0.1) is 0 Å². The van der Waals surface area contributed by atoms with Gasteiger partial charge in [0, 0.05) is 21.9 Å². The van der Waals surface area contributed by atoms with Gasteiger partial charge in [0.2, 0.25) is 0 Å². The zero-order chi connectivity index (χ0) is 34.4. The number of fused-ring (bicyclic) bond motifs is 2. The lowest BCUT2D eigenvalue weighted by Gasteiger charge is -2.22. The standard InChI is InChI=1S/C49H36O2/c1-29-16-18-30(19-17-29)39-27-41(45-25-32-10-5-7-14-43(32)50-45)37-23-21-36-40(31-12-9-13-34(24-31)49(2,3)4)28-42(38-22-20-35(39)47(37)48(36)38)46-26-33-11-6-8-15-44(33)51-46/h5-28H,1-4H3. The number of aryl methyl sites for hydroxylation is 1. The molecule has 0 fully saturated rings. The van der Waals surface area contributed by atoms with Crippen LogP contribution in [0.15, 0.2) is 154 Å². The maximum absolute atomic E-state index is 6.63. The van der Waals surface area contributed by atoms with Crippen molar-refractivity contribution in [2.24, 2.45) is 0 Å². The van der Waals surface area contributed by atoms with Crippen LogP contribution in [0.3, 0.4) is 0 Å². The molecule has 0 bridgehead atoms. The minimum Gasteiger partial charge on any atom is -0.456 e. The molecule has 2 nitrogen and oxygen atoms in total. The van der Waals surface area contributed by atoms with Gasteiger partial charge in [0.15, 0.2) is 0 Å². The van der Waals surface area contributed by atoms with Gasteiger partial charge in [0.1, 0.15) is 22.7 Å². The van der Waals surface area contributed by atoms with E-state index < -0.39 is 0 Å². The van der Waals surface area contributed by atoms with Gasteiger partial charge >= 0.3 is 0 Å². The van der Waals surface area contributed by atoms with Gasteiger partial charge in [-0.15, -0.1) is 0 Å². The molecule has 244 valence electrons. The Morgan fingerprint density at radius 1 is 0.412 bits per heavy atom. The second-order valence-electron chi connectivity index (χ2n) is 15.0. The molecule has 2 heterocycles. The van der Waals surface area contributed by atoms with Crippen molar-refractivity contribution in [2.45, 2.75) is 33.1 Å². The molecule has 0 saturated carbocycles. The molecule has 10 aromatic rings. The number of para-hydroxylation sites is 2. The highest BCUT2D eigenvalue weighted by Crippen LogP contribution is 2.49. The van der Waals surface area contributed by atoms with E-state index in [1.807, 2.05) is 18.2 Å². The highest BCUT2D eigenvalue weighted by Gasteiger charge is 2.23. The summed E-state index contributed by atoms with van der Waals surface area (Å²) in [6.07, 6.45) is 0. The summed E-state index contributed by atoms with van der Waals surface area (Å²) in [7, 11) is 0. The van der Waals surface area contributed by atoms with Gasteiger partial charge in [0.25, 0.3) is 0 Å². The number of furan rings is 2. The molecule has 0 atom stereocenters. The van der Waals surface area contributed by atoms with E-state index in [0.717, 1.165) is 44.6 Å². The van der Waals surface area contributed by atoms with E-state index >= 15 is 0 Å². The van der Waals surface area contributed by atoms with Crippen LogP contribution in [0.5, 0.6) is 0 Å². The van der Waals surface area contributed by atoms with Crippen molar-refractivity contribution < 1.29 is 8.83 Å². The highest BCUT2D eigenvalue weighted by molar-refractivity contribution is 6.31. The molecule has 0 N–H and O–H groups in total. The molecule has 8 aromatic carbocycles. The fourth-order valence-electron chi connectivity index (χ4n) is 7.99. The Bertz CT molecular complexity index is 2880. The SMILES string of the molecule is Cc1ccc(-c2cc(-c3cc4ccccc4o3)c3ccc4c(-c5cccc(C(C)(C)C)c5)cc(-c5cc6ccccc6o5)c5ccc2c3c45)cc1. The summed E-state index contributed by atoms with van der Waals surface area (Å²) in [6, 6.07) is 52.8. The van der Waals surface area contributed by atoms with Crippen molar-refractivity contribution in [1.29, 1.82) is 0 Å². The number of rotatable bonds is 4.